The molecule has 9 nitrogen and oxygen atoms in total. The average molecular weight is 646 g/mol. The molecule has 2 fully saturated rings. The van der Waals surface area contributed by atoms with Crippen LogP contribution >= 0.6 is 11.6 Å². The molecule has 1 unspecified atom stereocenters. The van der Waals surface area contributed by atoms with Gasteiger partial charge in [-0.3, -0.25) is 24.2 Å². The monoisotopic (exact) mass is 645 g/mol. The summed E-state index contributed by atoms with van der Waals surface area (Å²) in [7, 11) is 0. The molecule has 1 aromatic heterocycles. The number of aromatic nitrogens is 1. The number of pyridine rings is 1. The highest BCUT2D eigenvalue weighted by Gasteiger charge is 2.48. The second-order valence-electron chi connectivity index (χ2n) is 10.3. The van der Waals surface area contributed by atoms with Crippen LogP contribution in [0.5, 0.6) is 5.75 Å². The lowest BCUT2D eigenvalue weighted by Crippen LogP contribution is -2.56. The van der Waals surface area contributed by atoms with Crippen molar-refractivity contribution < 1.29 is 36.7 Å². The van der Waals surface area contributed by atoms with Gasteiger partial charge in [-0.15, -0.1) is 0 Å². The number of nitrogens with zero attached hydrogens (tertiary/aromatic N) is 4. The number of alkyl halides is 4. The molecule has 45 heavy (non-hydrogen) atoms. The Morgan fingerprint density at radius 1 is 1.13 bits per heavy atom. The summed E-state index contributed by atoms with van der Waals surface area (Å²) in [4.78, 5) is 47.8. The van der Waals surface area contributed by atoms with Crippen LogP contribution < -0.4 is 19.9 Å². The van der Waals surface area contributed by atoms with Gasteiger partial charge in [0.25, 0.3) is 11.8 Å². The summed E-state index contributed by atoms with van der Waals surface area (Å²) in [6.45, 7) is -3.20. The molecule has 2 atom stereocenters. The Bertz CT molecular complexity index is 1630. The molecular formula is C31H28ClF4N5O4. The molecule has 3 amide bonds. The van der Waals surface area contributed by atoms with E-state index in [1.54, 1.807) is 12.1 Å². The number of anilines is 2. The molecule has 2 aromatic carbocycles. The Morgan fingerprint density at radius 2 is 1.87 bits per heavy atom. The van der Waals surface area contributed by atoms with E-state index >= 15 is 0 Å². The van der Waals surface area contributed by atoms with Crippen LogP contribution in [0.1, 0.15) is 50.3 Å². The molecule has 5 rings (SSSR count). The van der Waals surface area contributed by atoms with Gasteiger partial charge in [0.1, 0.15) is 23.7 Å². The molecule has 14 heteroatoms. The normalized spacial score (nSPS) is 17.9. The maximum Gasteiger partial charge on any atom is 0.387 e. The zero-order chi connectivity index (χ0) is 31.6. The molecule has 2 aliphatic rings. The van der Waals surface area contributed by atoms with Crippen LogP contribution in [0.25, 0.3) is 0 Å². The number of hydrogen-bond donors (Lipinski definition) is 1. The number of halogens is 5. The van der Waals surface area contributed by atoms with Crippen LogP contribution in [-0.4, -0.2) is 47.3 Å². The maximum atomic E-state index is 14.6. The van der Waals surface area contributed by atoms with Gasteiger partial charge < -0.3 is 10.1 Å². The van der Waals surface area contributed by atoms with E-state index in [0.29, 0.717) is 0 Å². The highest BCUT2D eigenvalue weighted by atomic mass is 35.5. The molecular weight excluding hydrogens is 618 g/mol. The maximum absolute atomic E-state index is 14.6. The van der Waals surface area contributed by atoms with E-state index in [4.69, 9.17) is 11.6 Å². The Morgan fingerprint density at radius 3 is 2.53 bits per heavy atom. The Hall–Kier alpha value is -4.70. The lowest BCUT2D eigenvalue weighted by molar-refractivity contribution is -0.133. The van der Waals surface area contributed by atoms with Gasteiger partial charge in [0.05, 0.1) is 11.6 Å². The van der Waals surface area contributed by atoms with Crippen LogP contribution in [0.3, 0.4) is 0 Å². The number of hydrogen-bond acceptors (Lipinski definition) is 6. The van der Waals surface area contributed by atoms with Crippen molar-refractivity contribution in [2.24, 2.45) is 0 Å². The van der Waals surface area contributed by atoms with Crippen LogP contribution in [0.15, 0.2) is 66.9 Å². The zero-order valence-electron chi connectivity index (χ0n) is 22.8. The predicted molar refractivity (Wildman–Crippen MR) is 157 cm³/mol. The SMILES string of the molecule is C.N#Cc1ccnc(N2C(=O)CC[C@H]2C(=O)N(c2cccc(OC(F)F)c2)C(C(=O)NC2CC(F)(F)C2)c2ccccc2Cl)c1. The average Bonchev–Trinajstić information content (AvgIpc) is 3.36. The molecule has 1 N–H and O–H groups in total. The summed E-state index contributed by atoms with van der Waals surface area (Å²) < 4.78 is 58.1. The topological polar surface area (TPSA) is 116 Å². The van der Waals surface area contributed by atoms with Crippen molar-refractivity contribution in [3.05, 3.63) is 83.0 Å². The smallest absolute Gasteiger partial charge is 0.387 e. The van der Waals surface area contributed by atoms with E-state index in [1.165, 1.54) is 48.7 Å². The quantitative estimate of drug-likeness (QED) is 0.284. The molecule has 0 spiro atoms. The van der Waals surface area contributed by atoms with Gasteiger partial charge in [0.2, 0.25) is 11.8 Å². The molecule has 0 radical (unpaired) electrons. The number of nitriles is 1. The summed E-state index contributed by atoms with van der Waals surface area (Å²) in [6, 6.07) is 12.1. The molecule has 236 valence electrons. The molecule has 0 bridgehead atoms. The number of carbonyl (C=O) groups excluding carboxylic acids is 3. The highest BCUT2D eigenvalue weighted by molar-refractivity contribution is 6.31. The fourth-order valence-corrected chi connectivity index (χ4v) is 5.58. The number of carbonyl (C=O) groups is 3. The predicted octanol–water partition coefficient (Wildman–Crippen LogP) is 6.03. The first kappa shape index (κ1) is 33.2. The Kier molecular flexibility index (Phi) is 9.97. The molecule has 1 aliphatic carbocycles. The van der Waals surface area contributed by atoms with Crippen molar-refractivity contribution in [1.82, 2.24) is 10.3 Å². The zero-order valence-corrected chi connectivity index (χ0v) is 23.6. The van der Waals surface area contributed by atoms with E-state index in [9.17, 15) is 37.2 Å². The molecule has 1 saturated heterocycles. The molecule has 2 heterocycles. The first-order valence-electron chi connectivity index (χ1n) is 13.5. The number of amides is 3. The minimum absolute atomic E-state index is 0. The minimum atomic E-state index is -3.20. The lowest BCUT2D eigenvalue weighted by Gasteiger charge is -2.39. The summed E-state index contributed by atoms with van der Waals surface area (Å²) >= 11 is 6.50. The van der Waals surface area contributed by atoms with E-state index in [2.05, 4.69) is 15.0 Å². The van der Waals surface area contributed by atoms with Crippen LogP contribution in [-0.2, 0) is 14.4 Å². The van der Waals surface area contributed by atoms with Crippen molar-refractivity contribution >= 4 is 40.8 Å². The fourth-order valence-electron chi connectivity index (χ4n) is 5.34. The largest absolute Gasteiger partial charge is 0.435 e. The van der Waals surface area contributed by atoms with E-state index in [-0.39, 0.29) is 53.7 Å². The Labute approximate surface area is 261 Å². The standard InChI is InChI=1S/C30H24ClF4N5O4.CH4/c31-22-7-2-1-6-21(22)26(27(42)38-18-14-30(34,35)15-18)39(19-4-3-5-20(13-19)44-29(32)33)28(43)23-8-9-25(41)40(23)24-12-17(16-36)10-11-37-24;/h1-7,10-13,18,23,26,29H,8-9,14-15H2,(H,38,42);1H4/t23-,26?;/m0./s1. The first-order valence-corrected chi connectivity index (χ1v) is 13.8. The molecule has 1 saturated carbocycles. The minimum Gasteiger partial charge on any atom is -0.435 e. The third kappa shape index (κ3) is 7.17. The van der Waals surface area contributed by atoms with Crippen LogP contribution in [0.2, 0.25) is 5.02 Å². The Balaban J connectivity index is 0.00000461. The molecule has 3 aromatic rings. The van der Waals surface area contributed by atoms with Crippen molar-refractivity contribution in [3.8, 4) is 11.8 Å². The van der Waals surface area contributed by atoms with Gasteiger partial charge in [0, 0.05) is 53.8 Å². The third-order valence-corrected chi connectivity index (χ3v) is 7.66. The van der Waals surface area contributed by atoms with E-state index in [0.717, 1.165) is 15.9 Å². The van der Waals surface area contributed by atoms with Crippen LogP contribution in [0, 0.1) is 11.3 Å². The van der Waals surface area contributed by atoms with Gasteiger partial charge >= 0.3 is 6.61 Å². The van der Waals surface area contributed by atoms with Gasteiger partial charge in [-0.25, -0.2) is 13.8 Å². The molecule has 1 aliphatic heterocycles. The second kappa shape index (κ2) is 13.5. The van der Waals surface area contributed by atoms with Crippen molar-refractivity contribution in [1.29, 1.82) is 5.26 Å². The first-order chi connectivity index (χ1) is 21.0. The van der Waals surface area contributed by atoms with Crippen molar-refractivity contribution in [2.75, 3.05) is 9.80 Å². The number of nitrogens with one attached hydrogen (secondary N) is 1. The van der Waals surface area contributed by atoms with Crippen molar-refractivity contribution in [3.63, 3.8) is 0 Å². The second-order valence-corrected chi connectivity index (χ2v) is 10.7. The van der Waals surface area contributed by atoms with Gasteiger partial charge in [0.15, 0.2) is 0 Å². The summed E-state index contributed by atoms with van der Waals surface area (Å²) in [6.07, 6.45) is 0.0120. The van der Waals surface area contributed by atoms with Crippen LogP contribution in [0.4, 0.5) is 29.1 Å². The van der Waals surface area contributed by atoms with E-state index in [1.807, 2.05) is 6.07 Å². The highest BCUT2D eigenvalue weighted by Crippen LogP contribution is 2.40. The van der Waals surface area contributed by atoms with Crippen molar-refractivity contribution in [2.45, 2.75) is 63.8 Å². The van der Waals surface area contributed by atoms with E-state index < -0.39 is 61.2 Å². The number of rotatable bonds is 9. The number of ether oxygens (including phenoxy) is 1. The third-order valence-electron chi connectivity index (χ3n) is 7.32. The summed E-state index contributed by atoms with van der Waals surface area (Å²) in [5.74, 6) is -5.40. The summed E-state index contributed by atoms with van der Waals surface area (Å²) in [5, 5.41) is 12.0. The van der Waals surface area contributed by atoms with Gasteiger partial charge in [-0.05, 0) is 36.8 Å². The van der Waals surface area contributed by atoms with Gasteiger partial charge in [-0.2, -0.15) is 14.0 Å². The lowest BCUT2D eigenvalue weighted by atomic mass is 9.87. The van der Waals surface area contributed by atoms with Gasteiger partial charge in [-0.1, -0.05) is 43.3 Å². The number of benzene rings is 2. The fraction of sp³-hybridized carbons (Fsp3) is 0.323. The summed E-state index contributed by atoms with van der Waals surface area (Å²) in [5.41, 5.74) is 0.233.